The lowest BCUT2D eigenvalue weighted by atomic mass is 9.99. The Bertz CT molecular complexity index is 1130. The number of carboxylic acids is 1. The first-order valence-corrected chi connectivity index (χ1v) is 8.68. The highest BCUT2D eigenvalue weighted by Gasteiger charge is 2.24. The minimum atomic E-state index is -1.31. The van der Waals surface area contributed by atoms with Gasteiger partial charge in [-0.2, -0.15) is 0 Å². The molecule has 0 fully saturated rings. The van der Waals surface area contributed by atoms with Crippen molar-refractivity contribution in [2.45, 2.75) is 5.92 Å². The van der Waals surface area contributed by atoms with E-state index < -0.39 is 35.0 Å². The highest BCUT2D eigenvalue weighted by Crippen LogP contribution is 2.25. The van der Waals surface area contributed by atoms with Gasteiger partial charge in [-0.25, -0.2) is 13.5 Å². The van der Waals surface area contributed by atoms with Crippen LogP contribution in [0.25, 0.3) is 5.69 Å². The normalized spacial score (nSPS) is 11.8. The second kappa shape index (κ2) is 8.27. The number of nitrogens with zero attached hydrogens (tertiary/aromatic N) is 1. The second-order valence-electron chi connectivity index (χ2n) is 6.09. The van der Waals surface area contributed by atoms with E-state index in [2.05, 4.69) is 10.4 Å². The van der Waals surface area contributed by atoms with E-state index in [9.17, 15) is 28.3 Å². The first kappa shape index (κ1) is 20.3. The number of aromatic nitrogens is 2. The maximum Gasteiger partial charge on any atom is 0.312 e. The van der Waals surface area contributed by atoms with Gasteiger partial charge in [0.2, 0.25) is 0 Å². The van der Waals surface area contributed by atoms with E-state index >= 15 is 0 Å². The summed E-state index contributed by atoms with van der Waals surface area (Å²) in [5, 5.41) is 14.4. The topological polar surface area (TPSA) is 104 Å². The lowest BCUT2D eigenvalue weighted by Crippen LogP contribution is -2.32. The molecule has 150 valence electrons. The fourth-order valence-electron chi connectivity index (χ4n) is 2.70. The molecule has 1 unspecified atom stereocenters. The summed E-state index contributed by atoms with van der Waals surface area (Å²) in [6.07, 6.45) is 0. The van der Waals surface area contributed by atoms with Gasteiger partial charge in [-0.15, -0.1) is 0 Å². The predicted molar refractivity (Wildman–Crippen MR) is 100 cm³/mol. The van der Waals surface area contributed by atoms with Gasteiger partial charge < -0.3 is 10.4 Å². The van der Waals surface area contributed by atoms with Crippen LogP contribution in [0.15, 0.2) is 53.3 Å². The molecular formula is C19H14ClF2N3O4. The molecule has 1 amide bonds. The number of hydrogen-bond acceptors (Lipinski definition) is 3. The Morgan fingerprint density at radius 3 is 2.41 bits per heavy atom. The third-order valence-electron chi connectivity index (χ3n) is 4.15. The Hall–Kier alpha value is -3.46. The van der Waals surface area contributed by atoms with E-state index in [-0.39, 0.29) is 22.8 Å². The third kappa shape index (κ3) is 4.52. The van der Waals surface area contributed by atoms with Crippen molar-refractivity contribution in [3.63, 3.8) is 0 Å². The molecule has 0 spiro atoms. The van der Waals surface area contributed by atoms with Gasteiger partial charge in [-0.05, 0) is 48.0 Å². The molecule has 1 heterocycles. The molecule has 7 nitrogen and oxygen atoms in total. The maximum atomic E-state index is 13.5. The maximum absolute atomic E-state index is 13.5. The quantitative estimate of drug-likeness (QED) is 0.569. The first-order chi connectivity index (χ1) is 13.8. The average molecular weight is 422 g/mol. The molecule has 0 bridgehead atoms. The van der Waals surface area contributed by atoms with E-state index in [1.54, 1.807) is 0 Å². The van der Waals surface area contributed by atoms with Crippen LogP contribution < -0.4 is 10.9 Å². The first-order valence-electron chi connectivity index (χ1n) is 8.30. The predicted octanol–water partition coefficient (Wildman–Crippen LogP) is 2.70. The molecule has 3 N–H and O–H groups in total. The van der Waals surface area contributed by atoms with Gasteiger partial charge in [0, 0.05) is 17.6 Å². The zero-order valence-electron chi connectivity index (χ0n) is 14.7. The molecule has 0 saturated heterocycles. The van der Waals surface area contributed by atoms with Crippen molar-refractivity contribution in [2.24, 2.45) is 0 Å². The zero-order chi connectivity index (χ0) is 21.1. The lowest BCUT2D eigenvalue weighted by molar-refractivity contribution is -0.138. The van der Waals surface area contributed by atoms with Crippen molar-refractivity contribution < 1.29 is 23.5 Å². The van der Waals surface area contributed by atoms with Gasteiger partial charge in [-0.1, -0.05) is 11.6 Å². The van der Waals surface area contributed by atoms with Crippen molar-refractivity contribution >= 4 is 23.5 Å². The largest absolute Gasteiger partial charge is 0.481 e. The minimum absolute atomic E-state index is 0.0110. The molecule has 0 saturated carbocycles. The number of H-pyrrole nitrogens is 1. The molecule has 0 aliphatic carbocycles. The smallest absolute Gasteiger partial charge is 0.312 e. The summed E-state index contributed by atoms with van der Waals surface area (Å²) in [5.41, 5.74) is -0.374. The summed E-state index contributed by atoms with van der Waals surface area (Å²) in [4.78, 5) is 36.0. The van der Waals surface area contributed by atoms with Crippen LogP contribution in [0.3, 0.4) is 0 Å². The average Bonchev–Trinajstić information content (AvgIpc) is 3.06. The second-order valence-corrected chi connectivity index (χ2v) is 6.49. The van der Waals surface area contributed by atoms with E-state index in [0.717, 1.165) is 35.0 Å². The van der Waals surface area contributed by atoms with E-state index in [4.69, 9.17) is 11.6 Å². The van der Waals surface area contributed by atoms with Crippen LogP contribution in [0.2, 0.25) is 5.02 Å². The number of benzene rings is 2. The Kier molecular flexibility index (Phi) is 5.79. The highest BCUT2D eigenvalue weighted by molar-refractivity contribution is 6.31. The fraction of sp³-hybridized carbons (Fsp3) is 0.105. The van der Waals surface area contributed by atoms with Crippen LogP contribution in [0.4, 0.5) is 8.78 Å². The molecule has 0 radical (unpaired) electrons. The van der Waals surface area contributed by atoms with Gasteiger partial charge in [-0.3, -0.25) is 19.5 Å². The molecule has 1 aromatic heterocycles. The van der Waals surface area contributed by atoms with Crippen LogP contribution >= 0.6 is 11.6 Å². The van der Waals surface area contributed by atoms with Gasteiger partial charge in [0.25, 0.3) is 11.5 Å². The number of hydrogen-bond donors (Lipinski definition) is 3. The number of carboxylic acid groups (broad SMARTS) is 1. The van der Waals surface area contributed by atoms with Crippen LogP contribution in [0.1, 0.15) is 22.0 Å². The monoisotopic (exact) mass is 421 g/mol. The summed E-state index contributed by atoms with van der Waals surface area (Å²) in [6.45, 7) is -0.388. The highest BCUT2D eigenvalue weighted by atomic mass is 35.5. The molecule has 1 atom stereocenters. The van der Waals surface area contributed by atoms with Crippen LogP contribution in [-0.2, 0) is 4.79 Å². The summed E-state index contributed by atoms with van der Waals surface area (Å²) in [5.74, 6) is -4.50. The van der Waals surface area contributed by atoms with Crippen molar-refractivity contribution in [2.75, 3.05) is 6.54 Å². The number of amides is 1. The number of rotatable bonds is 6. The van der Waals surface area contributed by atoms with Gasteiger partial charge in [0.05, 0.1) is 5.69 Å². The van der Waals surface area contributed by atoms with Gasteiger partial charge >= 0.3 is 5.97 Å². The minimum Gasteiger partial charge on any atom is -0.481 e. The zero-order valence-corrected chi connectivity index (χ0v) is 15.4. The van der Waals surface area contributed by atoms with Crippen LogP contribution in [0, 0.1) is 11.6 Å². The molecule has 0 aliphatic rings. The Morgan fingerprint density at radius 2 is 1.76 bits per heavy atom. The lowest BCUT2D eigenvalue weighted by Gasteiger charge is -2.15. The Labute approximate surface area is 167 Å². The van der Waals surface area contributed by atoms with Crippen LogP contribution in [-0.4, -0.2) is 33.3 Å². The number of carbonyl (C=O) groups is 2. The molecular weight excluding hydrogens is 408 g/mol. The molecule has 0 aliphatic heterocycles. The SMILES string of the molecule is O=C(NCC(C(=O)O)c1cc(F)ccc1Cl)c1cc(=O)n(-c2ccc(F)cc2)[nH]1. The summed E-state index contributed by atoms with van der Waals surface area (Å²) in [6, 6.07) is 9.33. The van der Waals surface area contributed by atoms with Crippen molar-refractivity contribution in [3.05, 3.63) is 86.8 Å². The molecule has 3 rings (SSSR count). The number of nitrogens with one attached hydrogen (secondary N) is 2. The fourth-order valence-corrected chi connectivity index (χ4v) is 2.95. The van der Waals surface area contributed by atoms with E-state index in [0.29, 0.717) is 5.69 Å². The van der Waals surface area contributed by atoms with Crippen molar-refractivity contribution in [1.29, 1.82) is 0 Å². The Balaban J connectivity index is 1.78. The number of carbonyl (C=O) groups excluding carboxylic acids is 1. The van der Waals surface area contributed by atoms with Gasteiger partial charge in [0.1, 0.15) is 23.2 Å². The molecule has 10 heteroatoms. The molecule has 29 heavy (non-hydrogen) atoms. The number of aliphatic carboxylic acids is 1. The summed E-state index contributed by atoms with van der Waals surface area (Å²) in [7, 11) is 0. The third-order valence-corrected chi connectivity index (χ3v) is 4.49. The molecule has 3 aromatic rings. The Morgan fingerprint density at radius 1 is 1.10 bits per heavy atom. The van der Waals surface area contributed by atoms with E-state index in [1.165, 1.54) is 18.2 Å². The summed E-state index contributed by atoms with van der Waals surface area (Å²) >= 11 is 5.95. The van der Waals surface area contributed by atoms with Crippen LogP contribution in [0.5, 0.6) is 0 Å². The number of aromatic amines is 1. The molecule has 2 aromatic carbocycles. The van der Waals surface area contributed by atoms with Gasteiger partial charge in [0.15, 0.2) is 0 Å². The standard InChI is InChI=1S/C19H14ClF2N3O4/c20-15-6-3-11(22)7-13(15)14(19(28)29)9-23-18(27)16-8-17(26)25(24-16)12-4-1-10(21)2-5-12/h1-8,14,24H,9H2,(H,23,27)(H,28,29). The van der Waals surface area contributed by atoms with E-state index in [1.807, 2.05) is 0 Å². The summed E-state index contributed by atoms with van der Waals surface area (Å²) < 4.78 is 27.5. The number of halogens is 3. The van der Waals surface area contributed by atoms with Crippen molar-refractivity contribution in [3.8, 4) is 5.69 Å². The van der Waals surface area contributed by atoms with Crippen molar-refractivity contribution in [1.82, 2.24) is 15.1 Å².